The maximum absolute atomic E-state index is 8.24. The van der Waals surface area contributed by atoms with Crippen LogP contribution in [0, 0.1) is 0 Å². The van der Waals surface area contributed by atoms with Gasteiger partial charge in [-0.25, -0.2) is 0 Å². The molecular formula is CH2KO2Zr-. The second kappa shape index (κ2) is 16.7. The Morgan fingerprint density at radius 1 is 1.80 bits per heavy atom. The molecule has 0 rings (SSSR count). The molecule has 0 fully saturated rings. The summed E-state index contributed by atoms with van der Waals surface area (Å²) in [5, 5.41) is 6.76. The molecule has 0 aliphatic heterocycles. The third-order valence-electron chi connectivity index (χ3n) is 0. The van der Waals surface area contributed by atoms with Crippen molar-refractivity contribution in [3.63, 3.8) is 0 Å². The topological polar surface area (TPSA) is 37.3 Å². The van der Waals surface area contributed by atoms with E-state index in [9.17, 15) is 0 Å². The van der Waals surface area contributed by atoms with Gasteiger partial charge in [-0.2, -0.15) is 0 Å². The molecule has 0 amide bonds. The Morgan fingerprint density at radius 3 is 1.80 bits per heavy atom. The Hall–Kier alpha value is 1.99. The summed E-state index contributed by atoms with van der Waals surface area (Å²) >= 11 is 0. The average molecular weight is 176 g/mol. The molecule has 0 heterocycles. The number of rotatable bonds is 0. The van der Waals surface area contributed by atoms with Crippen LogP contribution >= 0.6 is 0 Å². The van der Waals surface area contributed by atoms with Crippen molar-refractivity contribution >= 4 is 6.47 Å². The zero-order valence-electron chi connectivity index (χ0n) is 3.86. The van der Waals surface area contributed by atoms with Crippen molar-refractivity contribution in [2.75, 3.05) is 0 Å². The van der Waals surface area contributed by atoms with E-state index in [4.69, 9.17) is 9.90 Å². The summed E-state index contributed by atoms with van der Waals surface area (Å²) in [4.78, 5) is 8.24. The fourth-order valence-electron chi connectivity index (χ4n) is 0. The molecule has 0 aromatic rings. The molecule has 0 aromatic heterocycles. The molecule has 0 aliphatic carbocycles. The Balaban J connectivity index is -0.00000000667. The standard InChI is InChI=1S/CHO2.K.Zr.H/c2-1-3;;;/h(H,2,3);;;/q-1;+1;;-1. The zero-order chi connectivity index (χ0) is 2.71. The van der Waals surface area contributed by atoms with Crippen molar-refractivity contribution in [2.45, 2.75) is 0 Å². The molecule has 0 spiro atoms. The van der Waals surface area contributed by atoms with Crippen molar-refractivity contribution in [3.05, 3.63) is 0 Å². The maximum Gasteiger partial charge on any atom is 1.00 e. The van der Waals surface area contributed by atoms with E-state index in [1.165, 1.54) is 0 Å². The Kier molecular flexibility index (Phi) is 52.6. The molecule has 0 atom stereocenters. The van der Waals surface area contributed by atoms with Crippen molar-refractivity contribution in [2.24, 2.45) is 0 Å². The van der Waals surface area contributed by atoms with Gasteiger partial charge in [-0.05, 0) is 0 Å². The van der Waals surface area contributed by atoms with Crippen LogP contribution in [0.25, 0.3) is 0 Å². The van der Waals surface area contributed by atoms with Crippen LogP contribution in [-0.2, 0) is 31.0 Å². The predicted molar refractivity (Wildman–Crippen MR) is 9.43 cm³/mol. The first-order chi connectivity index (χ1) is 1.41. The molecule has 4 heteroatoms. The van der Waals surface area contributed by atoms with Gasteiger partial charge in [0.2, 0.25) is 0 Å². The first-order valence-corrected chi connectivity index (χ1v) is 0.428. The van der Waals surface area contributed by atoms with Gasteiger partial charge in [0.05, 0.1) is 0 Å². The molecule has 0 aliphatic rings. The molecule has 24 valence electrons. The van der Waals surface area contributed by atoms with Crippen molar-refractivity contribution in [3.8, 4) is 0 Å². The van der Waals surface area contributed by atoms with Crippen LogP contribution in [0.5, 0.6) is 0 Å². The van der Waals surface area contributed by atoms with Gasteiger partial charge in [0.1, 0.15) is 0 Å². The summed E-state index contributed by atoms with van der Waals surface area (Å²) < 4.78 is 0. The third-order valence-corrected chi connectivity index (χ3v) is 0. The summed E-state index contributed by atoms with van der Waals surface area (Å²) in [7, 11) is 0. The van der Waals surface area contributed by atoms with Crippen LogP contribution in [0.15, 0.2) is 0 Å². The van der Waals surface area contributed by atoms with E-state index in [-0.39, 0.29) is 79.0 Å². The summed E-state index contributed by atoms with van der Waals surface area (Å²) in [5.74, 6) is 0. The van der Waals surface area contributed by atoms with E-state index in [0.29, 0.717) is 6.47 Å². The first kappa shape index (κ1) is 15.8. The van der Waals surface area contributed by atoms with Gasteiger partial charge in [0, 0.05) is 26.2 Å². The summed E-state index contributed by atoms with van der Waals surface area (Å²) in [6.45, 7) is 0.500. The van der Waals surface area contributed by atoms with Crippen molar-refractivity contribution in [1.82, 2.24) is 0 Å². The van der Waals surface area contributed by atoms with Gasteiger partial charge in [-0.3, -0.25) is 0 Å². The summed E-state index contributed by atoms with van der Waals surface area (Å²) in [6.07, 6.45) is 0. The predicted octanol–water partition coefficient (Wildman–Crippen LogP) is -3.27. The second-order valence-corrected chi connectivity index (χ2v) is 0.0913. The van der Waals surface area contributed by atoms with Crippen LogP contribution in [0.1, 0.15) is 1.43 Å². The van der Waals surface area contributed by atoms with Gasteiger partial charge in [-0.15, -0.1) is 0 Å². The Labute approximate surface area is 93.4 Å². The average Bonchev–Trinajstić information content (AvgIpc) is 0.918. The van der Waals surface area contributed by atoms with E-state index < -0.39 is 0 Å². The van der Waals surface area contributed by atoms with E-state index in [1.807, 2.05) is 0 Å². The normalized spacial score (nSPS) is 2.40. The molecule has 2 nitrogen and oxygen atoms in total. The fourth-order valence-corrected chi connectivity index (χ4v) is 0. The minimum Gasteiger partial charge on any atom is -1.00 e. The molecule has 0 aromatic carbocycles. The van der Waals surface area contributed by atoms with Crippen molar-refractivity contribution in [1.29, 1.82) is 0 Å². The quantitative estimate of drug-likeness (QED) is 0.311. The largest absolute Gasteiger partial charge is 1.00 e. The summed E-state index contributed by atoms with van der Waals surface area (Å²) in [5.41, 5.74) is 0. The number of aliphatic hydroxyl groups excluding tert-OH is 1. The zero-order valence-corrected chi connectivity index (χ0v) is 8.44. The Bertz CT molecular complexity index is 21.0. The Morgan fingerprint density at radius 2 is 1.80 bits per heavy atom. The van der Waals surface area contributed by atoms with Crippen LogP contribution in [0.3, 0.4) is 0 Å². The SMILES string of the molecule is O=[C-]O.[H-].[K+].[Zr]. The molecule has 0 radical (unpaired) electrons. The van der Waals surface area contributed by atoms with Crippen LogP contribution in [0.2, 0.25) is 0 Å². The molecular weight excluding hydrogens is 174 g/mol. The van der Waals surface area contributed by atoms with Crippen LogP contribution < -0.4 is 51.4 Å². The molecule has 0 saturated carbocycles. The van der Waals surface area contributed by atoms with Gasteiger partial charge in [-0.1, -0.05) is 6.47 Å². The minimum atomic E-state index is 0. The fraction of sp³-hybridized carbons (Fsp3) is 0. The molecule has 5 heavy (non-hydrogen) atoms. The van der Waals surface area contributed by atoms with Gasteiger partial charge in [0.25, 0.3) is 0 Å². The van der Waals surface area contributed by atoms with Gasteiger partial charge >= 0.3 is 51.4 Å². The second-order valence-electron chi connectivity index (χ2n) is 0.0913. The molecule has 0 saturated heterocycles. The summed E-state index contributed by atoms with van der Waals surface area (Å²) in [6, 6.07) is 0. The maximum atomic E-state index is 8.24. The smallest absolute Gasteiger partial charge is 1.00 e. The van der Waals surface area contributed by atoms with Crippen LogP contribution in [-0.4, -0.2) is 11.6 Å². The first-order valence-electron chi connectivity index (χ1n) is 0.428. The van der Waals surface area contributed by atoms with E-state index >= 15 is 0 Å². The van der Waals surface area contributed by atoms with Crippen molar-refractivity contribution < 1.29 is 88.9 Å². The van der Waals surface area contributed by atoms with Gasteiger partial charge in [0.15, 0.2) is 0 Å². The van der Waals surface area contributed by atoms with E-state index in [2.05, 4.69) is 0 Å². The monoisotopic (exact) mass is 175 g/mol. The molecule has 0 bridgehead atoms. The van der Waals surface area contributed by atoms with E-state index in [0.717, 1.165) is 0 Å². The molecule has 1 N–H and O–H groups in total. The van der Waals surface area contributed by atoms with Gasteiger partial charge < -0.3 is 11.3 Å². The van der Waals surface area contributed by atoms with E-state index in [1.54, 1.807) is 0 Å². The minimum absolute atomic E-state index is 0. The molecule has 0 unspecified atom stereocenters. The van der Waals surface area contributed by atoms with Crippen LogP contribution in [0.4, 0.5) is 0 Å². The number of hydrogen-bond donors (Lipinski definition) is 1. The number of hydrogen-bond acceptors (Lipinski definition) is 1. The third kappa shape index (κ3) is 24.1.